The van der Waals surface area contributed by atoms with Crippen LogP contribution >= 0.6 is 0 Å². The Balaban J connectivity index is 2.68. The minimum absolute atomic E-state index is 0.0259. The summed E-state index contributed by atoms with van der Waals surface area (Å²) in [4.78, 5) is 34.7. The lowest BCUT2D eigenvalue weighted by atomic mass is 10.1. The van der Waals surface area contributed by atoms with Crippen LogP contribution in [-0.4, -0.2) is 59.2 Å². The van der Waals surface area contributed by atoms with Crippen molar-refractivity contribution in [3.63, 3.8) is 0 Å². The average Bonchev–Trinajstić information content (AvgIpc) is 2.33. The smallest absolute Gasteiger partial charge is 0.412 e. The van der Waals surface area contributed by atoms with Gasteiger partial charge in [-0.2, -0.15) is 0 Å². The molecule has 9 nitrogen and oxygen atoms in total. The number of amides is 2. The molecule has 0 unspecified atom stereocenters. The van der Waals surface area contributed by atoms with Crippen LogP contribution in [0.25, 0.3) is 0 Å². The number of carbonyl (C=O) groups excluding carboxylic acids is 2. The molecule has 9 heteroatoms. The second kappa shape index (κ2) is 6.61. The van der Waals surface area contributed by atoms with Gasteiger partial charge in [-0.3, -0.25) is 4.90 Å². The fourth-order valence-corrected chi connectivity index (χ4v) is 1.75. The summed E-state index contributed by atoms with van der Waals surface area (Å²) in [5.74, 6) is -1.19. The maximum atomic E-state index is 12.0. The van der Waals surface area contributed by atoms with Crippen molar-refractivity contribution >= 4 is 18.2 Å². The molecule has 21 heavy (non-hydrogen) atoms. The first-order chi connectivity index (χ1) is 9.60. The van der Waals surface area contributed by atoms with E-state index < -0.39 is 35.9 Å². The van der Waals surface area contributed by atoms with Crippen LogP contribution in [0.2, 0.25) is 0 Å². The molecule has 0 bridgehead atoms. The van der Waals surface area contributed by atoms with Crippen LogP contribution in [0, 0.1) is 0 Å². The Hall–Kier alpha value is -2.03. The Labute approximate surface area is 121 Å². The van der Waals surface area contributed by atoms with E-state index in [2.05, 4.69) is 4.74 Å². The predicted molar refractivity (Wildman–Crippen MR) is 69.4 cm³/mol. The van der Waals surface area contributed by atoms with Crippen LogP contribution in [0.1, 0.15) is 27.2 Å². The van der Waals surface area contributed by atoms with Crippen molar-refractivity contribution in [3.8, 4) is 0 Å². The van der Waals surface area contributed by atoms with Gasteiger partial charge in [0.2, 0.25) is 0 Å². The normalized spacial score (nSPS) is 22.5. The summed E-state index contributed by atoms with van der Waals surface area (Å²) < 4.78 is 15.0. The summed E-state index contributed by atoms with van der Waals surface area (Å²) in [5, 5.41) is 9.21. The highest BCUT2D eigenvalue weighted by Gasteiger charge is 2.39. The molecule has 0 saturated carbocycles. The average molecular weight is 304 g/mol. The van der Waals surface area contributed by atoms with Crippen molar-refractivity contribution in [1.29, 1.82) is 0 Å². The lowest BCUT2D eigenvalue weighted by Crippen LogP contribution is -2.54. The van der Waals surface area contributed by atoms with Gasteiger partial charge in [-0.1, -0.05) is 0 Å². The van der Waals surface area contributed by atoms with E-state index in [9.17, 15) is 19.5 Å². The third-order valence-corrected chi connectivity index (χ3v) is 2.64. The van der Waals surface area contributed by atoms with Crippen LogP contribution in [0.5, 0.6) is 0 Å². The lowest BCUT2D eigenvalue weighted by Gasteiger charge is -2.37. The van der Waals surface area contributed by atoms with Crippen LogP contribution in [0.4, 0.5) is 9.59 Å². The minimum atomic E-state index is -1.19. The molecule has 1 heterocycles. The van der Waals surface area contributed by atoms with Crippen molar-refractivity contribution in [2.75, 3.05) is 13.3 Å². The van der Waals surface area contributed by atoms with Crippen LogP contribution in [0.15, 0.2) is 0 Å². The molecule has 3 N–H and O–H groups in total. The zero-order valence-electron chi connectivity index (χ0n) is 12.2. The fourth-order valence-electron chi connectivity index (χ4n) is 1.75. The number of aliphatic carboxylic acids is 1. The van der Waals surface area contributed by atoms with Crippen LogP contribution < -0.4 is 5.73 Å². The molecule has 0 radical (unpaired) electrons. The summed E-state index contributed by atoms with van der Waals surface area (Å²) in [6.07, 6.45) is -2.41. The van der Waals surface area contributed by atoms with E-state index in [-0.39, 0.29) is 19.8 Å². The highest BCUT2D eigenvalue weighted by atomic mass is 16.6. The summed E-state index contributed by atoms with van der Waals surface area (Å²) in [5.41, 5.74) is 4.09. The first-order valence-electron chi connectivity index (χ1n) is 6.36. The molecule has 2 amide bonds. The third-order valence-electron chi connectivity index (χ3n) is 2.64. The van der Waals surface area contributed by atoms with Gasteiger partial charge in [0.1, 0.15) is 25.0 Å². The number of nitrogens with zero attached hydrogens (tertiary/aromatic N) is 1. The molecule has 1 aliphatic rings. The maximum Gasteiger partial charge on any atom is 0.412 e. The third kappa shape index (κ3) is 5.46. The largest absolute Gasteiger partial charge is 0.480 e. The summed E-state index contributed by atoms with van der Waals surface area (Å²) in [7, 11) is 0. The van der Waals surface area contributed by atoms with Gasteiger partial charge in [-0.15, -0.1) is 0 Å². The molecule has 2 atom stereocenters. The monoisotopic (exact) mass is 304 g/mol. The Bertz CT molecular complexity index is 418. The van der Waals surface area contributed by atoms with Crippen molar-refractivity contribution in [2.24, 2.45) is 5.73 Å². The number of primary amides is 1. The van der Waals surface area contributed by atoms with E-state index in [0.29, 0.717) is 0 Å². The molecule has 1 rings (SSSR count). The van der Waals surface area contributed by atoms with E-state index >= 15 is 0 Å². The number of carboxylic acids is 1. The van der Waals surface area contributed by atoms with Crippen molar-refractivity contribution < 1.29 is 33.7 Å². The van der Waals surface area contributed by atoms with E-state index in [0.717, 1.165) is 4.90 Å². The van der Waals surface area contributed by atoms with E-state index in [1.165, 1.54) is 0 Å². The number of ether oxygens (including phenoxy) is 3. The molecular weight excluding hydrogens is 284 g/mol. The molecule has 0 spiro atoms. The zero-order valence-corrected chi connectivity index (χ0v) is 12.2. The molecule has 1 saturated heterocycles. The SMILES string of the molecule is CC(C)(C)OC(=O)N1CO[C@@H](COC(N)=O)C[C@H]1C(=O)O. The topological polar surface area (TPSA) is 128 Å². The molecule has 1 fully saturated rings. The molecule has 0 aliphatic carbocycles. The van der Waals surface area contributed by atoms with Crippen molar-refractivity contribution in [1.82, 2.24) is 4.90 Å². The van der Waals surface area contributed by atoms with Crippen LogP contribution in [-0.2, 0) is 19.0 Å². The number of hydrogen-bond donors (Lipinski definition) is 2. The van der Waals surface area contributed by atoms with Gasteiger partial charge < -0.3 is 25.1 Å². The lowest BCUT2D eigenvalue weighted by molar-refractivity contribution is -0.159. The summed E-state index contributed by atoms with van der Waals surface area (Å²) in [6, 6.07) is -1.12. The Morgan fingerprint density at radius 2 is 2.00 bits per heavy atom. The number of nitrogens with two attached hydrogens (primary N) is 1. The van der Waals surface area contributed by atoms with Gasteiger partial charge in [0, 0.05) is 6.42 Å². The number of carbonyl (C=O) groups is 3. The minimum Gasteiger partial charge on any atom is -0.480 e. The number of carboxylic acid groups (broad SMARTS) is 1. The summed E-state index contributed by atoms with van der Waals surface area (Å²) >= 11 is 0. The maximum absolute atomic E-state index is 12.0. The van der Waals surface area contributed by atoms with Gasteiger partial charge >= 0.3 is 18.2 Å². The molecule has 0 aromatic rings. The first kappa shape index (κ1) is 17.0. The Kier molecular flexibility index (Phi) is 5.36. The zero-order chi connectivity index (χ0) is 16.2. The highest BCUT2D eigenvalue weighted by Crippen LogP contribution is 2.21. The second-order valence-corrected chi connectivity index (χ2v) is 5.59. The molecule has 0 aromatic carbocycles. The second-order valence-electron chi connectivity index (χ2n) is 5.59. The Morgan fingerprint density at radius 3 is 2.48 bits per heavy atom. The number of rotatable bonds is 3. The highest BCUT2D eigenvalue weighted by molar-refractivity contribution is 5.80. The van der Waals surface area contributed by atoms with Crippen molar-refractivity contribution in [2.45, 2.75) is 44.9 Å². The van der Waals surface area contributed by atoms with Gasteiger partial charge in [0.15, 0.2) is 0 Å². The van der Waals surface area contributed by atoms with Gasteiger partial charge in [0.25, 0.3) is 0 Å². The van der Waals surface area contributed by atoms with E-state index in [1.54, 1.807) is 20.8 Å². The Morgan fingerprint density at radius 1 is 1.38 bits per heavy atom. The quantitative estimate of drug-likeness (QED) is 0.777. The molecule has 0 aromatic heterocycles. The predicted octanol–water partition coefficient (Wildman–Crippen LogP) is 0.518. The molecule has 120 valence electrons. The van der Waals surface area contributed by atoms with Gasteiger partial charge in [0.05, 0.1) is 6.10 Å². The summed E-state index contributed by atoms with van der Waals surface area (Å²) in [6.45, 7) is 4.60. The first-order valence-corrected chi connectivity index (χ1v) is 6.36. The van der Waals surface area contributed by atoms with E-state index in [1.807, 2.05) is 0 Å². The van der Waals surface area contributed by atoms with Crippen LogP contribution in [0.3, 0.4) is 0 Å². The molecule has 1 aliphatic heterocycles. The van der Waals surface area contributed by atoms with Gasteiger partial charge in [-0.05, 0) is 20.8 Å². The fraction of sp³-hybridized carbons (Fsp3) is 0.750. The van der Waals surface area contributed by atoms with E-state index in [4.69, 9.17) is 15.2 Å². The molecular formula is C12H20N2O7. The number of hydrogen-bond acceptors (Lipinski definition) is 6. The standard InChI is InChI=1S/C12H20N2O7/c1-12(2,3)21-11(18)14-6-20-7(5-19-10(13)17)4-8(14)9(15)16/h7-8H,4-6H2,1-3H3,(H2,13,17)(H,15,16)/t7-,8+/m1/s1. The van der Waals surface area contributed by atoms with Crippen molar-refractivity contribution in [3.05, 3.63) is 0 Å². The van der Waals surface area contributed by atoms with Gasteiger partial charge in [-0.25, -0.2) is 14.4 Å².